The van der Waals surface area contributed by atoms with Gasteiger partial charge in [-0.15, -0.1) is 0 Å². The van der Waals surface area contributed by atoms with Crippen molar-refractivity contribution in [3.8, 4) is 17.3 Å². The summed E-state index contributed by atoms with van der Waals surface area (Å²) in [7, 11) is 0. The third-order valence-corrected chi connectivity index (χ3v) is 4.05. The molecule has 0 N–H and O–H groups in total. The van der Waals surface area contributed by atoms with E-state index in [4.69, 9.17) is 11.6 Å². The zero-order valence-electron chi connectivity index (χ0n) is 12.8. The molecule has 23 heavy (non-hydrogen) atoms. The smallest absolute Gasteiger partial charge is 0.147 e. The third-order valence-electron chi connectivity index (χ3n) is 3.76. The van der Waals surface area contributed by atoms with Crippen molar-refractivity contribution in [2.24, 2.45) is 0 Å². The van der Waals surface area contributed by atoms with Gasteiger partial charge < -0.3 is 0 Å². The van der Waals surface area contributed by atoms with Crippen LogP contribution in [-0.4, -0.2) is 4.98 Å². The molecular formula is C20H15ClN2. The van der Waals surface area contributed by atoms with Crippen LogP contribution in [0.5, 0.6) is 0 Å². The number of benzene rings is 1. The number of halogens is 1. The first-order valence-corrected chi connectivity index (χ1v) is 7.77. The van der Waals surface area contributed by atoms with Crippen molar-refractivity contribution >= 4 is 17.2 Å². The fraction of sp³-hybridized carbons (Fsp3) is 0.100. The number of aromatic nitrogens is 1. The highest BCUT2D eigenvalue weighted by Crippen LogP contribution is 2.33. The first-order valence-electron chi connectivity index (χ1n) is 7.39. The van der Waals surface area contributed by atoms with E-state index >= 15 is 0 Å². The maximum Gasteiger partial charge on any atom is 0.147 e. The molecule has 0 saturated carbocycles. The first-order chi connectivity index (χ1) is 11.2. The average molecular weight is 319 g/mol. The average Bonchev–Trinajstić information content (AvgIpc) is 2.84. The minimum Gasteiger partial charge on any atom is -0.234 e. The summed E-state index contributed by atoms with van der Waals surface area (Å²) >= 11 is 6.17. The van der Waals surface area contributed by atoms with Gasteiger partial charge in [-0.05, 0) is 25.0 Å². The van der Waals surface area contributed by atoms with Crippen LogP contribution in [0.4, 0.5) is 0 Å². The summed E-state index contributed by atoms with van der Waals surface area (Å²) in [6, 6.07) is 12.1. The number of hydrogen-bond donors (Lipinski definition) is 0. The zero-order chi connectivity index (χ0) is 16.2. The lowest BCUT2D eigenvalue weighted by atomic mass is 9.95. The summed E-state index contributed by atoms with van der Waals surface area (Å²) in [5.41, 5.74) is 5.46. The molecule has 0 unspecified atom stereocenters. The van der Waals surface area contributed by atoms with Gasteiger partial charge >= 0.3 is 0 Å². The van der Waals surface area contributed by atoms with Gasteiger partial charge in [0.1, 0.15) is 11.2 Å². The normalized spacial score (nSPS) is 13.3. The predicted octanol–water partition coefficient (Wildman–Crippen LogP) is 5.48. The van der Waals surface area contributed by atoms with Crippen molar-refractivity contribution < 1.29 is 0 Å². The molecule has 3 heteroatoms. The fourth-order valence-corrected chi connectivity index (χ4v) is 2.70. The Balaban J connectivity index is 2.22. The molecule has 0 bridgehead atoms. The van der Waals surface area contributed by atoms with Gasteiger partial charge in [-0.25, -0.2) is 4.98 Å². The molecule has 0 atom stereocenters. The molecule has 2 aromatic rings. The van der Waals surface area contributed by atoms with Crippen molar-refractivity contribution in [1.29, 1.82) is 5.26 Å². The lowest BCUT2D eigenvalue weighted by molar-refractivity contribution is 1.26. The monoisotopic (exact) mass is 318 g/mol. The minimum absolute atomic E-state index is 0.243. The van der Waals surface area contributed by atoms with Crippen LogP contribution in [0.3, 0.4) is 0 Å². The Bertz CT molecular complexity index is 866. The van der Waals surface area contributed by atoms with Gasteiger partial charge in [0.25, 0.3) is 0 Å². The molecule has 0 radical (unpaired) electrons. The van der Waals surface area contributed by atoms with Crippen molar-refractivity contribution in [3.05, 3.63) is 82.6 Å². The molecule has 3 rings (SSSR count). The molecule has 0 amide bonds. The van der Waals surface area contributed by atoms with Gasteiger partial charge in [-0.2, -0.15) is 5.26 Å². The number of pyridine rings is 1. The van der Waals surface area contributed by atoms with Gasteiger partial charge in [0.2, 0.25) is 0 Å². The van der Waals surface area contributed by atoms with Crippen molar-refractivity contribution in [3.63, 3.8) is 0 Å². The number of nitriles is 1. The fourth-order valence-electron chi connectivity index (χ4n) is 2.52. The molecule has 0 saturated heterocycles. The van der Waals surface area contributed by atoms with Crippen LogP contribution in [-0.2, 0) is 0 Å². The maximum atomic E-state index is 9.27. The number of rotatable bonds is 2. The Hall–Kier alpha value is -2.63. The van der Waals surface area contributed by atoms with Crippen LogP contribution in [0.2, 0.25) is 5.15 Å². The second-order valence-electron chi connectivity index (χ2n) is 5.41. The molecule has 1 heterocycles. The summed E-state index contributed by atoms with van der Waals surface area (Å²) in [4.78, 5) is 4.50. The molecule has 0 fully saturated rings. The van der Waals surface area contributed by atoms with Crippen LogP contribution in [0.15, 0.2) is 60.7 Å². The van der Waals surface area contributed by atoms with Gasteiger partial charge in [-0.1, -0.05) is 71.8 Å². The molecule has 0 aliphatic heterocycles. The highest BCUT2D eigenvalue weighted by Gasteiger charge is 2.15. The van der Waals surface area contributed by atoms with E-state index in [1.165, 1.54) is 5.56 Å². The Morgan fingerprint density at radius 2 is 1.91 bits per heavy atom. The molecule has 1 aliphatic carbocycles. The summed E-state index contributed by atoms with van der Waals surface area (Å²) in [6.07, 6.45) is 11.0. The standard InChI is InChI=1S/C20H15ClN2/c1-14-8-10-16(11-9-14)19-18(12-17(13-22)20(21)23-19)15-6-4-2-3-5-7-15/h2-6,8-12H,7H2,1H3. The lowest BCUT2D eigenvalue weighted by Gasteiger charge is -2.13. The number of allylic oxidation sites excluding steroid dienone is 6. The minimum atomic E-state index is 0.243. The highest BCUT2D eigenvalue weighted by atomic mass is 35.5. The third kappa shape index (κ3) is 3.26. The number of nitrogens with zero attached hydrogens (tertiary/aromatic N) is 2. The number of aryl methyl sites for hydroxylation is 1. The van der Waals surface area contributed by atoms with Gasteiger partial charge in [0.05, 0.1) is 11.3 Å². The highest BCUT2D eigenvalue weighted by molar-refractivity contribution is 6.30. The maximum absolute atomic E-state index is 9.27. The largest absolute Gasteiger partial charge is 0.234 e. The van der Waals surface area contributed by atoms with Crippen molar-refractivity contribution in [2.75, 3.05) is 0 Å². The zero-order valence-corrected chi connectivity index (χ0v) is 13.5. The predicted molar refractivity (Wildman–Crippen MR) is 95.0 cm³/mol. The van der Waals surface area contributed by atoms with Crippen LogP contribution >= 0.6 is 11.6 Å². The van der Waals surface area contributed by atoms with Crippen molar-refractivity contribution in [1.82, 2.24) is 4.98 Å². The number of hydrogen-bond acceptors (Lipinski definition) is 2. The molecular weight excluding hydrogens is 304 g/mol. The van der Waals surface area contributed by atoms with Crippen molar-refractivity contribution in [2.45, 2.75) is 13.3 Å². The molecule has 112 valence electrons. The van der Waals surface area contributed by atoms with E-state index in [1.807, 2.05) is 55.5 Å². The summed E-state index contributed by atoms with van der Waals surface area (Å²) < 4.78 is 0. The van der Waals surface area contributed by atoms with E-state index in [1.54, 1.807) is 0 Å². The quantitative estimate of drug-likeness (QED) is 0.687. The molecule has 1 aliphatic rings. The van der Waals surface area contributed by atoms with Crippen LogP contribution in [0, 0.1) is 18.3 Å². The van der Waals surface area contributed by atoms with E-state index in [2.05, 4.69) is 23.2 Å². The Morgan fingerprint density at radius 1 is 1.13 bits per heavy atom. The Labute approximate surface area is 141 Å². The van der Waals surface area contributed by atoms with Crippen LogP contribution in [0.25, 0.3) is 16.8 Å². The SMILES string of the molecule is Cc1ccc(-c2nc(Cl)c(C#N)cc2C2=CC=CC=CC2)cc1. The van der Waals surface area contributed by atoms with Gasteiger partial charge in [-0.3, -0.25) is 0 Å². The Kier molecular flexibility index (Phi) is 4.41. The summed E-state index contributed by atoms with van der Waals surface area (Å²) in [5.74, 6) is 0. The summed E-state index contributed by atoms with van der Waals surface area (Å²) in [6.45, 7) is 2.05. The molecule has 0 spiro atoms. The van der Waals surface area contributed by atoms with Crippen LogP contribution in [0.1, 0.15) is 23.1 Å². The molecule has 1 aromatic heterocycles. The molecule has 1 aromatic carbocycles. The first kappa shape index (κ1) is 15.3. The second-order valence-corrected chi connectivity index (χ2v) is 5.77. The lowest BCUT2D eigenvalue weighted by Crippen LogP contribution is -1.96. The van der Waals surface area contributed by atoms with E-state index < -0.39 is 0 Å². The van der Waals surface area contributed by atoms with Gasteiger partial charge in [0.15, 0.2) is 0 Å². The topological polar surface area (TPSA) is 36.7 Å². The van der Waals surface area contributed by atoms with E-state index in [0.717, 1.165) is 28.8 Å². The Morgan fingerprint density at radius 3 is 2.65 bits per heavy atom. The summed E-state index contributed by atoms with van der Waals surface area (Å²) in [5, 5.41) is 9.52. The second kappa shape index (κ2) is 6.64. The molecule has 2 nitrogen and oxygen atoms in total. The van der Waals surface area contributed by atoms with E-state index in [0.29, 0.717) is 5.56 Å². The van der Waals surface area contributed by atoms with E-state index in [9.17, 15) is 5.26 Å². The van der Waals surface area contributed by atoms with Crippen LogP contribution < -0.4 is 0 Å². The van der Waals surface area contributed by atoms with Gasteiger partial charge in [0, 0.05) is 11.1 Å². The van der Waals surface area contributed by atoms with E-state index in [-0.39, 0.29) is 5.15 Å².